The van der Waals surface area contributed by atoms with Crippen LogP contribution in [0.2, 0.25) is 0 Å². The second kappa shape index (κ2) is 6.04. The topological polar surface area (TPSA) is 228 Å². The third-order valence-corrected chi connectivity index (χ3v) is 4.24. The van der Waals surface area contributed by atoms with E-state index in [0.717, 1.165) is 12.1 Å². The maximum absolute atomic E-state index is 11.1. The Labute approximate surface area is 125 Å². The van der Waals surface area contributed by atoms with Crippen LogP contribution in [0.4, 0.5) is 0 Å². The molecule has 2 aromatic carbocycles. The van der Waals surface area contributed by atoms with Crippen molar-refractivity contribution in [1.82, 2.24) is 12.3 Å². The summed E-state index contributed by atoms with van der Waals surface area (Å²) in [5, 5.41) is 18.2. The Morgan fingerprint density at radius 2 is 1.32 bits per heavy atom. The first-order chi connectivity index (χ1) is 9.01. The molecule has 0 heterocycles. The maximum Gasteiger partial charge on any atom is 0.125 e. The van der Waals surface area contributed by atoms with Crippen LogP contribution >= 0.6 is 0 Å². The first-order valence-electron chi connectivity index (χ1n) is 4.92. The Bertz CT molecular complexity index is 922. The highest BCUT2D eigenvalue weighted by atomic mass is 32.2. The molecule has 0 aliphatic heterocycles. The molecule has 22 heavy (non-hydrogen) atoms. The van der Waals surface area contributed by atoms with Crippen LogP contribution in [0.25, 0.3) is 10.8 Å². The number of fused-ring (bicyclic) bond motifs is 1. The van der Waals surface area contributed by atoms with E-state index in [2.05, 4.69) is 0 Å². The van der Waals surface area contributed by atoms with Gasteiger partial charge in [0.1, 0.15) is 31.7 Å². The summed E-state index contributed by atoms with van der Waals surface area (Å²) in [7, 11) is -10.2. The van der Waals surface area contributed by atoms with Crippen molar-refractivity contribution >= 4 is 31.0 Å². The number of aromatic hydroxyl groups is 2. The highest BCUT2D eigenvalue weighted by molar-refractivity contribution is 7.86. The van der Waals surface area contributed by atoms with E-state index in [-0.39, 0.29) is 12.3 Å². The van der Waals surface area contributed by atoms with E-state index in [1.54, 1.807) is 0 Å². The number of phenols is 2. The Balaban J connectivity index is 0.00000220. The molecule has 124 valence electrons. The summed E-state index contributed by atoms with van der Waals surface area (Å²) < 4.78 is 66.3. The van der Waals surface area contributed by atoms with Gasteiger partial charge in [-0.2, -0.15) is 0 Å². The number of benzene rings is 2. The maximum atomic E-state index is 11.1. The van der Waals surface area contributed by atoms with Gasteiger partial charge in [0.15, 0.2) is 0 Å². The van der Waals surface area contributed by atoms with Crippen molar-refractivity contribution < 1.29 is 36.2 Å². The van der Waals surface area contributed by atoms with Crippen LogP contribution in [-0.2, 0) is 20.2 Å². The molecule has 0 bridgehead atoms. The fourth-order valence-corrected chi connectivity index (χ4v) is 3.06. The van der Waals surface area contributed by atoms with Gasteiger partial charge in [-0.3, -0.25) is 0 Å². The Morgan fingerprint density at radius 3 is 1.77 bits per heavy atom. The van der Waals surface area contributed by atoms with Crippen molar-refractivity contribution in [3.8, 4) is 11.5 Å². The number of quaternary nitrogens is 2. The van der Waals surface area contributed by atoms with Gasteiger partial charge in [0.25, 0.3) is 0 Å². The van der Waals surface area contributed by atoms with Gasteiger partial charge < -0.3 is 31.6 Å². The minimum absolute atomic E-state index is 0. The summed E-state index contributed by atoms with van der Waals surface area (Å²) in [5.41, 5.74) is 0. The molecule has 0 spiro atoms. The first-order valence-corrected chi connectivity index (χ1v) is 7.74. The zero-order valence-corrected chi connectivity index (χ0v) is 13.1. The molecule has 0 unspecified atom stereocenters. The van der Waals surface area contributed by atoms with Crippen molar-refractivity contribution in [2.24, 2.45) is 0 Å². The summed E-state index contributed by atoms with van der Waals surface area (Å²) in [5.74, 6) is -1.24. The minimum Gasteiger partial charge on any atom is -0.744 e. The molecule has 10 nitrogen and oxygen atoms in total. The highest BCUT2D eigenvalue weighted by Crippen LogP contribution is 2.38. The van der Waals surface area contributed by atoms with Crippen LogP contribution in [0, 0.1) is 0 Å². The molecule has 2 aromatic rings. The second-order valence-electron chi connectivity index (χ2n) is 3.86. The third-order valence-electron chi connectivity index (χ3n) is 2.56. The van der Waals surface area contributed by atoms with Crippen LogP contribution in [0.1, 0.15) is 0 Å². The molecule has 0 amide bonds. The van der Waals surface area contributed by atoms with Crippen molar-refractivity contribution in [3.05, 3.63) is 24.3 Å². The summed E-state index contributed by atoms with van der Waals surface area (Å²) in [6.07, 6.45) is 0. The Morgan fingerprint density at radius 1 is 0.818 bits per heavy atom. The van der Waals surface area contributed by atoms with Crippen molar-refractivity contribution in [1.29, 1.82) is 0 Å². The van der Waals surface area contributed by atoms with Gasteiger partial charge in [0, 0.05) is 10.8 Å². The van der Waals surface area contributed by atoms with Crippen LogP contribution in [0.3, 0.4) is 0 Å². The SMILES string of the molecule is O=S(=O)([O-])c1cc(S(=O)(=O)[O-])c2c(O)ccc(O)c2c1.[NH4+].[NH4+]. The Hall–Kier alpha value is -1.96. The van der Waals surface area contributed by atoms with Gasteiger partial charge in [0.05, 0.1) is 9.79 Å². The second-order valence-corrected chi connectivity index (χ2v) is 6.58. The molecule has 10 N–H and O–H groups in total. The summed E-state index contributed by atoms with van der Waals surface area (Å²) in [6, 6.07) is 2.92. The Kier molecular flexibility index (Phi) is 5.50. The quantitative estimate of drug-likeness (QED) is 0.444. The molecule has 0 saturated carbocycles. The van der Waals surface area contributed by atoms with Crippen LogP contribution in [0.5, 0.6) is 11.5 Å². The highest BCUT2D eigenvalue weighted by Gasteiger charge is 2.17. The number of hydrogen-bond acceptors (Lipinski definition) is 8. The predicted octanol–water partition coefficient (Wildman–Crippen LogP) is 0.812. The lowest BCUT2D eigenvalue weighted by molar-refractivity contribution is 0.457. The normalized spacial score (nSPS) is 11.5. The number of rotatable bonds is 2. The molecule has 2 rings (SSSR count). The largest absolute Gasteiger partial charge is 0.744 e. The average molecular weight is 354 g/mol. The van der Waals surface area contributed by atoms with E-state index < -0.39 is 52.3 Å². The molecule has 0 atom stereocenters. The van der Waals surface area contributed by atoms with Crippen LogP contribution in [0.15, 0.2) is 34.1 Å². The monoisotopic (exact) mass is 354 g/mol. The van der Waals surface area contributed by atoms with Crippen LogP contribution < -0.4 is 12.3 Å². The average Bonchev–Trinajstić information content (AvgIpc) is 2.30. The van der Waals surface area contributed by atoms with E-state index in [1.807, 2.05) is 0 Å². The van der Waals surface area contributed by atoms with E-state index >= 15 is 0 Å². The van der Waals surface area contributed by atoms with Crippen molar-refractivity contribution in [2.75, 3.05) is 0 Å². The van der Waals surface area contributed by atoms with E-state index in [0.29, 0.717) is 12.1 Å². The van der Waals surface area contributed by atoms with Gasteiger partial charge in [-0.15, -0.1) is 0 Å². The van der Waals surface area contributed by atoms with Gasteiger partial charge in [-0.1, -0.05) is 0 Å². The van der Waals surface area contributed by atoms with E-state index in [1.165, 1.54) is 0 Å². The van der Waals surface area contributed by atoms with Crippen molar-refractivity contribution in [2.45, 2.75) is 9.79 Å². The molecule has 0 aliphatic rings. The van der Waals surface area contributed by atoms with Crippen LogP contribution in [-0.4, -0.2) is 36.2 Å². The summed E-state index contributed by atoms with van der Waals surface area (Å²) >= 11 is 0. The lowest BCUT2D eigenvalue weighted by Crippen LogP contribution is -2.05. The molecule has 0 radical (unpaired) electrons. The van der Waals surface area contributed by atoms with Crippen molar-refractivity contribution in [3.63, 3.8) is 0 Å². The number of hydrogen-bond donors (Lipinski definition) is 4. The molecule has 0 saturated heterocycles. The molecule has 0 aliphatic carbocycles. The molecular formula is C10H14N2O8S2. The van der Waals surface area contributed by atoms with Gasteiger partial charge in [-0.05, 0) is 24.3 Å². The first kappa shape index (κ1) is 20.0. The smallest absolute Gasteiger partial charge is 0.125 e. The molecule has 0 fully saturated rings. The molecule has 12 heteroatoms. The molecule has 0 aromatic heterocycles. The molecular weight excluding hydrogens is 340 g/mol. The summed E-state index contributed by atoms with van der Waals surface area (Å²) in [4.78, 5) is -2.10. The number of phenolic OH excluding ortho intramolecular Hbond substituents is 2. The van der Waals surface area contributed by atoms with Gasteiger partial charge in [-0.25, -0.2) is 16.8 Å². The third kappa shape index (κ3) is 3.44. The van der Waals surface area contributed by atoms with E-state index in [9.17, 15) is 36.2 Å². The van der Waals surface area contributed by atoms with Gasteiger partial charge >= 0.3 is 0 Å². The lowest BCUT2D eigenvalue weighted by Gasteiger charge is -2.16. The summed E-state index contributed by atoms with van der Waals surface area (Å²) in [6.45, 7) is 0. The minimum atomic E-state index is -5.18. The fraction of sp³-hybridized carbons (Fsp3) is 0. The van der Waals surface area contributed by atoms with E-state index in [4.69, 9.17) is 0 Å². The zero-order chi connectivity index (χ0) is 15.3. The zero-order valence-electron chi connectivity index (χ0n) is 11.5. The fourth-order valence-electron chi connectivity index (χ4n) is 1.73. The van der Waals surface area contributed by atoms with Gasteiger partial charge in [0.2, 0.25) is 0 Å². The lowest BCUT2D eigenvalue weighted by atomic mass is 10.1. The standard InChI is InChI=1S/C10H8O8S2.2H3N/c11-7-1-2-8(12)10-6(7)3-5(19(13,14)15)4-9(10)20(16,17)18;;/h1-4,11-12H,(H,13,14,15)(H,16,17,18);2*1H3. The predicted molar refractivity (Wildman–Crippen MR) is 75.2 cm³/mol.